The van der Waals surface area contributed by atoms with E-state index in [4.69, 9.17) is 0 Å². The van der Waals surface area contributed by atoms with Crippen molar-refractivity contribution in [2.45, 2.75) is 38.5 Å². The molecule has 0 amide bonds. The van der Waals surface area contributed by atoms with Crippen LogP contribution >= 0.6 is 0 Å². The highest BCUT2D eigenvalue weighted by molar-refractivity contribution is 6.52. The molecule has 0 aliphatic heterocycles. The fraction of sp³-hybridized carbons (Fsp3) is 0.333. The molecular weight excluding hydrogens is 264 g/mol. The minimum absolute atomic E-state index is 0.0390. The molecule has 1 N–H and O–H groups in total. The SMILES string of the molecule is O=C1C(=O)c2ccccc2C(O)=C1CC=C1CCCCC1. The number of benzene rings is 1. The van der Waals surface area contributed by atoms with E-state index in [-0.39, 0.29) is 11.3 Å². The number of fused-ring (bicyclic) bond motifs is 1. The standard InChI is InChI=1S/C18H18O3/c19-16-13-8-4-5-9-14(13)17(20)18(21)15(16)11-10-12-6-2-1-3-7-12/h4-5,8-10,19H,1-3,6-7,11H2. The lowest BCUT2D eigenvalue weighted by Gasteiger charge is -2.18. The first kappa shape index (κ1) is 13.8. The molecule has 0 spiro atoms. The van der Waals surface area contributed by atoms with Gasteiger partial charge in [0.25, 0.3) is 0 Å². The third-order valence-corrected chi connectivity index (χ3v) is 4.28. The van der Waals surface area contributed by atoms with Gasteiger partial charge in [0.05, 0.1) is 0 Å². The maximum atomic E-state index is 12.2. The smallest absolute Gasteiger partial charge is 0.234 e. The Labute approximate surface area is 124 Å². The molecule has 0 atom stereocenters. The van der Waals surface area contributed by atoms with Crippen LogP contribution in [0.25, 0.3) is 5.76 Å². The molecule has 3 heteroatoms. The first-order valence-corrected chi connectivity index (χ1v) is 7.47. The quantitative estimate of drug-likeness (QED) is 0.659. The highest BCUT2D eigenvalue weighted by Crippen LogP contribution is 2.31. The Hall–Kier alpha value is -2.16. The van der Waals surface area contributed by atoms with E-state index in [0.717, 1.165) is 12.8 Å². The Balaban J connectivity index is 1.93. The number of Topliss-reactive ketones (excluding diaryl/α,β-unsaturated/α-hetero) is 2. The average Bonchev–Trinajstić information content (AvgIpc) is 2.54. The normalized spacial score (nSPS) is 18.8. The summed E-state index contributed by atoms with van der Waals surface area (Å²) in [7, 11) is 0. The van der Waals surface area contributed by atoms with Gasteiger partial charge in [-0.2, -0.15) is 0 Å². The molecule has 21 heavy (non-hydrogen) atoms. The monoisotopic (exact) mass is 282 g/mol. The van der Waals surface area contributed by atoms with Crippen LogP contribution in [-0.4, -0.2) is 16.7 Å². The van der Waals surface area contributed by atoms with Crippen molar-refractivity contribution in [3.05, 3.63) is 52.6 Å². The Bertz CT molecular complexity index is 657. The molecule has 108 valence electrons. The predicted molar refractivity (Wildman–Crippen MR) is 81.1 cm³/mol. The molecule has 2 aliphatic carbocycles. The predicted octanol–water partition coefficient (Wildman–Crippen LogP) is 4.00. The van der Waals surface area contributed by atoms with Crippen LogP contribution in [0, 0.1) is 0 Å². The molecule has 3 nitrogen and oxygen atoms in total. The molecular formula is C18H18O3. The highest BCUT2D eigenvalue weighted by atomic mass is 16.3. The van der Waals surface area contributed by atoms with Crippen LogP contribution in [-0.2, 0) is 4.79 Å². The average molecular weight is 282 g/mol. The minimum Gasteiger partial charge on any atom is -0.507 e. The molecule has 0 saturated heterocycles. The second-order valence-corrected chi connectivity index (χ2v) is 5.66. The van der Waals surface area contributed by atoms with Gasteiger partial charge in [0, 0.05) is 16.7 Å². The number of ketones is 2. The molecule has 1 aromatic rings. The molecule has 0 radical (unpaired) electrons. The van der Waals surface area contributed by atoms with Gasteiger partial charge >= 0.3 is 0 Å². The summed E-state index contributed by atoms with van der Waals surface area (Å²) in [5.41, 5.74) is 2.34. The molecule has 1 aromatic carbocycles. The molecule has 3 rings (SSSR count). The Morgan fingerprint density at radius 1 is 0.952 bits per heavy atom. The van der Waals surface area contributed by atoms with Gasteiger partial charge in [-0.15, -0.1) is 0 Å². The van der Waals surface area contributed by atoms with E-state index in [1.807, 2.05) is 6.08 Å². The minimum atomic E-state index is -0.571. The molecule has 0 unspecified atom stereocenters. The van der Waals surface area contributed by atoms with Crippen molar-refractivity contribution in [3.63, 3.8) is 0 Å². The van der Waals surface area contributed by atoms with E-state index in [9.17, 15) is 14.7 Å². The number of allylic oxidation sites excluding steroid dienone is 3. The summed E-state index contributed by atoms with van der Waals surface area (Å²) in [4.78, 5) is 24.3. The Morgan fingerprint density at radius 2 is 1.62 bits per heavy atom. The number of carbonyl (C=O) groups is 2. The van der Waals surface area contributed by atoms with Crippen molar-refractivity contribution in [2.75, 3.05) is 0 Å². The van der Waals surface area contributed by atoms with E-state index in [1.54, 1.807) is 24.3 Å². The summed E-state index contributed by atoms with van der Waals surface area (Å²) in [6.45, 7) is 0. The van der Waals surface area contributed by atoms with Crippen molar-refractivity contribution < 1.29 is 14.7 Å². The summed E-state index contributed by atoms with van der Waals surface area (Å²) in [5.74, 6) is -1.12. The van der Waals surface area contributed by atoms with Crippen LogP contribution in [0.2, 0.25) is 0 Å². The van der Waals surface area contributed by atoms with Gasteiger partial charge in [0.1, 0.15) is 5.76 Å². The molecule has 2 aliphatic rings. The van der Waals surface area contributed by atoms with Gasteiger partial charge in [0.15, 0.2) is 0 Å². The number of hydrogen-bond acceptors (Lipinski definition) is 3. The number of hydrogen-bond donors (Lipinski definition) is 1. The van der Waals surface area contributed by atoms with Gasteiger partial charge in [-0.1, -0.05) is 42.3 Å². The third kappa shape index (κ3) is 2.56. The topological polar surface area (TPSA) is 54.4 Å². The zero-order chi connectivity index (χ0) is 14.8. The van der Waals surface area contributed by atoms with E-state index in [0.29, 0.717) is 17.5 Å². The molecule has 1 saturated carbocycles. The summed E-state index contributed by atoms with van der Waals surface area (Å²) in [6, 6.07) is 6.73. The second kappa shape index (κ2) is 5.68. The van der Waals surface area contributed by atoms with Crippen molar-refractivity contribution in [1.29, 1.82) is 0 Å². The maximum Gasteiger partial charge on any atom is 0.234 e. The molecule has 0 aromatic heterocycles. The Morgan fingerprint density at radius 3 is 2.33 bits per heavy atom. The Kier molecular flexibility index (Phi) is 3.74. The van der Waals surface area contributed by atoms with Gasteiger partial charge in [-0.05, 0) is 32.1 Å². The van der Waals surface area contributed by atoms with Crippen molar-refractivity contribution in [3.8, 4) is 0 Å². The van der Waals surface area contributed by atoms with E-state index in [1.165, 1.54) is 24.8 Å². The van der Waals surface area contributed by atoms with Crippen LogP contribution in [0.15, 0.2) is 41.5 Å². The number of aliphatic hydroxyl groups excluding tert-OH is 1. The van der Waals surface area contributed by atoms with Crippen LogP contribution in [0.4, 0.5) is 0 Å². The summed E-state index contributed by atoms with van der Waals surface area (Å²) in [5, 5.41) is 10.3. The lowest BCUT2D eigenvalue weighted by molar-refractivity contribution is -0.112. The van der Waals surface area contributed by atoms with Crippen LogP contribution in [0.5, 0.6) is 0 Å². The fourth-order valence-corrected chi connectivity index (χ4v) is 3.06. The number of rotatable bonds is 2. The van der Waals surface area contributed by atoms with Crippen molar-refractivity contribution in [2.24, 2.45) is 0 Å². The zero-order valence-corrected chi connectivity index (χ0v) is 11.9. The summed E-state index contributed by atoms with van der Waals surface area (Å²) >= 11 is 0. The number of aliphatic hydroxyl groups is 1. The zero-order valence-electron chi connectivity index (χ0n) is 11.9. The third-order valence-electron chi connectivity index (χ3n) is 4.28. The highest BCUT2D eigenvalue weighted by Gasteiger charge is 2.31. The van der Waals surface area contributed by atoms with Gasteiger partial charge in [0.2, 0.25) is 11.6 Å². The van der Waals surface area contributed by atoms with E-state index >= 15 is 0 Å². The van der Waals surface area contributed by atoms with Crippen LogP contribution < -0.4 is 0 Å². The summed E-state index contributed by atoms with van der Waals surface area (Å²) < 4.78 is 0. The lowest BCUT2D eigenvalue weighted by atomic mass is 9.86. The first-order chi connectivity index (χ1) is 10.2. The van der Waals surface area contributed by atoms with Crippen LogP contribution in [0.1, 0.15) is 54.4 Å². The first-order valence-electron chi connectivity index (χ1n) is 7.47. The fourth-order valence-electron chi connectivity index (χ4n) is 3.06. The van der Waals surface area contributed by atoms with Crippen LogP contribution in [0.3, 0.4) is 0 Å². The van der Waals surface area contributed by atoms with Gasteiger partial charge in [-0.25, -0.2) is 0 Å². The molecule has 0 bridgehead atoms. The second-order valence-electron chi connectivity index (χ2n) is 5.66. The van der Waals surface area contributed by atoms with E-state index in [2.05, 4.69) is 0 Å². The molecule has 1 fully saturated rings. The maximum absolute atomic E-state index is 12.2. The van der Waals surface area contributed by atoms with Gasteiger partial charge < -0.3 is 5.11 Å². The van der Waals surface area contributed by atoms with Crippen molar-refractivity contribution >= 4 is 17.3 Å². The van der Waals surface area contributed by atoms with E-state index < -0.39 is 11.6 Å². The van der Waals surface area contributed by atoms with Crippen molar-refractivity contribution in [1.82, 2.24) is 0 Å². The summed E-state index contributed by atoms with van der Waals surface area (Å²) in [6.07, 6.45) is 8.12. The molecule has 0 heterocycles. The number of carbonyl (C=O) groups excluding carboxylic acids is 2. The van der Waals surface area contributed by atoms with Gasteiger partial charge in [-0.3, -0.25) is 9.59 Å². The lowest BCUT2D eigenvalue weighted by Crippen LogP contribution is -2.23. The largest absolute Gasteiger partial charge is 0.507 e.